The summed E-state index contributed by atoms with van der Waals surface area (Å²) in [6, 6.07) is 14.8. The van der Waals surface area contributed by atoms with Gasteiger partial charge in [0.2, 0.25) is 5.91 Å². The second kappa shape index (κ2) is 10.6. The number of hydrogen-bond donors (Lipinski definition) is 2. The highest BCUT2D eigenvalue weighted by Crippen LogP contribution is 2.34. The van der Waals surface area contributed by atoms with Gasteiger partial charge >= 0.3 is 0 Å². The molecule has 1 fully saturated rings. The molecule has 1 aliphatic heterocycles. The van der Waals surface area contributed by atoms with E-state index in [9.17, 15) is 18.8 Å². The van der Waals surface area contributed by atoms with Crippen LogP contribution >= 0.6 is 0 Å². The minimum Gasteiger partial charge on any atom is -0.411 e. The van der Waals surface area contributed by atoms with Crippen molar-refractivity contribution >= 4 is 17.3 Å². The largest absolute Gasteiger partial charge is 0.411 e. The molecular weight excluding hydrogens is 450 g/mol. The first-order chi connectivity index (χ1) is 16.9. The standard InChI is InChI=1S/C27H28F2N4O2/c1-17-14-20(8-11-31-17)26(32-35)16-24(23-7-4-21(28)15-25(23)29)18-2-5-22(6-3-18)33-12-9-19(10-13-33)27(30)34/h2-8,11,14-15,19,24,35H,9-10,12-13,16H2,1H3,(H2,30,34)/b32-26+/t24-/m0/s1. The summed E-state index contributed by atoms with van der Waals surface area (Å²) >= 11 is 0. The number of carbonyl (C=O) groups excluding carboxylic acids is 1. The Bertz CT molecular complexity index is 1220. The maximum absolute atomic E-state index is 14.9. The molecular formula is C27H28F2N4O2. The quantitative estimate of drug-likeness (QED) is 0.291. The molecule has 0 unspecified atom stereocenters. The number of aromatic nitrogens is 1. The van der Waals surface area contributed by atoms with E-state index >= 15 is 0 Å². The molecule has 0 aliphatic carbocycles. The highest BCUT2D eigenvalue weighted by molar-refractivity contribution is 6.00. The summed E-state index contributed by atoms with van der Waals surface area (Å²) in [5.41, 5.74) is 9.37. The van der Waals surface area contributed by atoms with Gasteiger partial charge in [-0.3, -0.25) is 9.78 Å². The second-order valence-electron chi connectivity index (χ2n) is 8.91. The van der Waals surface area contributed by atoms with Crippen molar-refractivity contribution in [2.24, 2.45) is 16.8 Å². The first kappa shape index (κ1) is 24.3. The summed E-state index contributed by atoms with van der Waals surface area (Å²) in [6.45, 7) is 3.29. The Labute approximate surface area is 203 Å². The zero-order valence-electron chi connectivity index (χ0n) is 19.5. The van der Waals surface area contributed by atoms with E-state index in [2.05, 4.69) is 15.0 Å². The van der Waals surface area contributed by atoms with Crippen LogP contribution in [0.1, 0.15) is 47.6 Å². The molecule has 2 heterocycles. The molecule has 182 valence electrons. The number of amides is 1. The molecule has 1 amide bonds. The van der Waals surface area contributed by atoms with Crippen LogP contribution < -0.4 is 10.6 Å². The third kappa shape index (κ3) is 5.65. The van der Waals surface area contributed by atoms with Crippen molar-refractivity contribution < 1.29 is 18.8 Å². The van der Waals surface area contributed by atoms with Crippen LogP contribution in [0.25, 0.3) is 0 Å². The van der Waals surface area contributed by atoms with Crippen LogP contribution in [0.5, 0.6) is 0 Å². The molecule has 1 aromatic heterocycles. The number of carbonyl (C=O) groups is 1. The number of primary amides is 1. The fourth-order valence-corrected chi connectivity index (χ4v) is 4.67. The van der Waals surface area contributed by atoms with Gasteiger partial charge in [0.25, 0.3) is 0 Å². The van der Waals surface area contributed by atoms with Gasteiger partial charge in [0.1, 0.15) is 11.6 Å². The fourth-order valence-electron chi connectivity index (χ4n) is 4.67. The Kier molecular flexibility index (Phi) is 7.39. The van der Waals surface area contributed by atoms with Crippen molar-refractivity contribution in [2.45, 2.75) is 32.1 Å². The van der Waals surface area contributed by atoms with Crippen LogP contribution in [0.4, 0.5) is 14.5 Å². The molecule has 2 aromatic carbocycles. The summed E-state index contributed by atoms with van der Waals surface area (Å²) in [6.07, 6.45) is 3.25. The summed E-state index contributed by atoms with van der Waals surface area (Å²) in [5, 5.41) is 13.3. The second-order valence-corrected chi connectivity index (χ2v) is 8.91. The lowest BCUT2D eigenvalue weighted by Crippen LogP contribution is -2.38. The Hall–Kier alpha value is -3.81. The van der Waals surface area contributed by atoms with Crippen molar-refractivity contribution in [1.82, 2.24) is 4.98 Å². The van der Waals surface area contributed by atoms with E-state index in [1.54, 1.807) is 18.3 Å². The molecule has 1 atom stereocenters. The Morgan fingerprint density at radius 3 is 2.46 bits per heavy atom. The van der Waals surface area contributed by atoms with E-state index < -0.39 is 17.6 Å². The first-order valence-corrected chi connectivity index (χ1v) is 11.6. The summed E-state index contributed by atoms with van der Waals surface area (Å²) < 4.78 is 28.5. The molecule has 0 bridgehead atoms. The molecule has 3 N–H and O–H groups in total. The Morgan fingerprint density at radius 2 is 1.86 bits per heavy atom. The molecule has 4 rings (SSSR count). The molecule has 0 saturated carbocycles. The van der Waals surface area contributed by atoms with Gasteiger partial charge in [-0.25, -0.2) is 8.78 Å². The first-order valence-electron chi connectivity index (χ1n) is 11.6. The molecule has 35 heavy (non-hydrogen) atoms. The maximum Gasteiger partial charge on any atom is 0.220 e. The molecule has 1 saturated heterocycles. The minimum absolute atomic E-state index is 0.0932. The van der Waals surface area contributed by atoms with Gasteiger partial charge in [0.15, 0.2) is 0 Å². The van der Waals surface area contributed by atoms with E-state index in [4.69, 9.17) is 5.73 Å². The monoisotopic (exact) mass is 478 g/mol. The number of benzene rings is 2. The van der Waals surface area contributed by atoms with Crippen molar-refractivity contribution in [1.29, 1.82) is 0 Å². The van der Waals surface area contributed by atoms with Crippen molar-refractivity contribution in [3.8, 4) is 0 Å². The van der Waals surface area contributed by atoms with Crippen LogP contribution in [0, 0.1) is 24.5 Å². The number of piperidine rings is 1. The average molecular weight is 479 g/mol. The lowest BCUT2D eigenvalue weighted by molar-refractivity contribution is -0.122. The van der Waals surface area contributed by atoms with E-state index in [-0.39, 0.29) is 18.2 Å². The maximum atomic E-state index is 14.9. The summed E-state index contributed by atoms with van der Waals surface area (Å²) in [5.74, 6) is -2.17. The summed E-state index contributed by atoms with van der Waals surface area (Å²) in [4.78, 5) is 17.8. The van der Waals surface area contributed by atoms with Crippen molar-refractivity contribution in [3.05, 3.63) is 94.8 Å². The zero-order chi connectivity index (χ0) is 24.9. The predicted octanol–water partition coefficient (Wildman–Crippen LogP) is 4.77. The molecule has 0 spiro atoms. The third-order valence-corrected chi connectivity index (χ3v) is 6.64. The fraction of sp³-hybridized carbons (Fsp3) is 0.296. The van der Waals surface area contributed by atoms with Gasteiger partial charge in [0.05, 0.1) is 5.71 Å². The molecule has 0 radical (unpaired) electrons. The van der Waals surface area contributed by atoms with Gasteiger partial charge in [0, 0.05) is 60.6 Å². The number of halogens is 2. The molecule has 6 nitrogen and oxygen atoms in total. The number of anilines is 1. The van der Waals surface area contributed by atoms with Crippen LogP contribution in [-0.4, -0.2) is 34.9 Å². The Balaban J connectivity index is 1.63. The predicted molar refractivity (Wildman–Crippen MR) is 131 cm³/mol. The molecule has 8 heteroatoms. The van der Waals surface area contributed by atoms with Crippen LogP contribution in [0.3, 0.4) is 0 Å². The number of aryl methyl sites for hydroxylation is 1. The Morgan fingerprint density at radius 1 is 1.14 bits per heavy atom. The SMILES string of the molecule is Cc1cc(/C(C[C@@H](c2ccc(N3CCC(C(N)=O)CC3)cc2)c2ccc(F)cc2F)=N/O)ccn1. The number of hydrogen-bond acceptors (Lipinski definition) is 5. The number of oxime groups is 1. The van der Waals surface area contributed by atoms with Crippen LogP contribution in [-0.2, 0) is 4.79 Å². The van der Waals surface area contributed by atoms with Gasteiger partial charge in [-0.1, -0.05) is 23.4 Å². The normalized spacial score (nSPS) is 15.7. The lowest BCUT2D eigenvalue weighted by Gasteiger charge is -2.32. The average Bonchev–Trinajstić information content (AvgIpc) is 2.86. The van der Waals surface area contributed by atoms with E-state index in [0.717, 1.165) is 36.1 Å². The zero-order valence-corrected chi connectivity index (χ0v) is 19.5. The minimum atomic E-state index is -0.657. The number of nitrogens with zero attached hydrogens (tertiary/aromatic N) is 3. The summed E-state index contributed by atoms with van der Waals surface area (Å²) in [7, 11) is 0. The van der Waals surface area contributed by atoms with E-state index in [1.165, 1.54) is 12.1 Å². The van der Waals surface area contributed by atoms with Gasteiger partial charge in [-0.15, -0.1) is 0 Å². The smallest absolute Gasteiger partial charge is 0.220 e. The topological polar surface area (TPSA) is 91.8 Å². The van der Waals surface area contributed by atoms with Crippen molar-refractivity contribution in [3.63, 3.8) is 0 Å². The number of rotatable bonds is 7. The van der Waals surface area contributed by atoms with E-state index in [1.807, 2.05) is 31.2 Å². The van der Waals surface area contributed by atoms with Crippen molar-refractivity contribution in [2.75, 3.05) is 18.0 Å². The van der Waals surface area contributed by atoms with Gasteiger partial charge in [-0.05, 0) is 61.2 Å². The van der Waals surface area contributed by atoms with Crippen LogP contribution in [0.2, 0.25) is 0 Å². The highest BCUT2D eigenvalue weighted by atomic mass is 19.1. The van der Waals surface area contributed by atoms with Gasteiger partial charge < -0.3 is 15.8 Å². The van der Waals surface area contributed by atoms with Crippen LogP contribution in [0.15, 0.2) is 65.9 Å². The number of pyridine rings is 1. The number of nitrogens with two attached hydrogens (primary N) is 1. The van der Waals surface area contributed by atoms with Gasteiger partial charge in [-0.2, -0.15) is 0 Å². The van der Waals surface area contributed by atoms with E-state index in [0.29, 0.717) is 29.7 Å². The molecule has 3 aromatic rings. The highest BCUT2D eigenvalue weighted by Gasteiger charge is 2.25. The third-order valence-electron chi connectivity index (χ3n) is 6.64. The lowest BCUT2D eigenvalue weighted by atomic mass is 9.85. The molecule has 1 aliphatic rings.